The Morgan fingerprint density at radius 2 is 1.83 bits per heavy atom. The average Bonchev–Trinajstić information content (AvgIpc) is 2.09. The van der Waals surface area contributed by atoms with Crippen LogP contribution >= 0.6 is 0 Å². The predicted octanol–water partition coefficient (Wildman–Crippen LogP) is 0.0966. The van der Waals surface area contributed by atoms with Gasteiger partial charge in [-0.2, -0.15) is 0 Å². The highest BCUT2D eigenvalue weighted by atomic mass is 16.1. The van der Waals surface area contributed by atoms with Crippen LogP contribution in [0.5, 0.6) is 0 Å². The van der Waals surface area contributed by atoms with Gasteiger partial charge in [-0.3, -0.25) is 4.79 Å². The van der Waals surface area contributed by atoms with Gasteiger partial charge >= 0.3 is 0 Å². The van der Waals surface area contributed by atoms with Crippen LogP contribution in [0.1, 0.15) is 25.0 Å². The minimum atomic E-state index is 0.0995. The first kappa shape index (κ1) is 8.70. The Hall–Kier alpha value is -1.39. The summed E-state index contributed by atoms with van der Waals surface area (Å²) >= 11 is 0. The summed E-state index contributed by atoms with van der Waals surface area (Å²) in [5, 5.41) is 14.8. The van der Waals surface area contributed by atoms with Crippen LogP contribution in [-0.4, -0.2) is 26.2 Å². The van der Waals surface area contributed by atoms with Crippen molar-refractivity contribution < 1.29 is 4.79 Å². The van der Waals surface area contributed by atoms with Gasteiger partial charge in [-0.15, -0.1) is 20.4 Å². The maximum atomic E-state index is 10.9. The van der Waals surface area contributed by atoms with Crippen molar-refractivity contribution in [3.8, 4) is 0 Å². The highest BCUT2D eigenvalue weighted by Gasteiger charge is 2.04. The number of carbonyl (C=O) groups is 1. The Morgan fingerprint density at radius 1 is 1.25 bits per heavy atom. The number of aromatic nitrogens is 4. The minimum Gasteiger partial charge on any atom is -0.299 e. The molecule has 0 saturated carbocycles. The summed E-state index contributed by atoms with van der Waals surface area (Å²) in [5.41, 5.74) is 0. The van der Waals surface area contributed by atoms with E-state index in [-0.39, 0.29) is 12.2 Å². The van der Waals surface area contributed by atoms with Gasteiger partial charge in [0.2, 0.25) is 0 Å². The lowest BCUT2D eigenvalue weighted by molar-refractivity contribution is -0.118. The number of Topliss-reactive ketones (excluding diaryl/α,β-unsaturated/α-hetero) is 1. The minimum absolute atomic E-state index is 0.0995. The zero-order valence-corrected chi connectivity index (χ0v) is 7.11. The van der Waals surface area contributed by atoms with Crippen molar-refractivity contribution in [1.82, 2.24) is 20.4 Å². The molecule has 0 fully saturated rings. The van der Waals surface area contributed by atoms with E-state index in [9.17, 15) is 4.79 Å². The van der Waals surface area contributed by atoms with Crippen LogP contribution < -0.4 is 0 Å². The van der Waals surface area contributed by atoms with E-state index >= 15 is 0 Å². The molecular weight excluding hydrogens is 156 g/mol. The molecule has 0 aliphatic rings. The third-order valence-electron chi connectivity index (χ3n) is 1.37. The fourth-order valence-corrected chi connectivity index (χ4v) is 0.672. The molecule has 0 spiro atoms. The number of hydrogen-bond acceptors (Lipinski definition) is 5. The van der Waals surface area contributed by atoms with Gasteiger partial charge in [0.15, 0.2) is 11.6 Å². The Balaban J connectivity index is 2.64. The molecule has 5 nitrogen and oxygen atoms in total. The van der Waals surface area contributed by atoms with Crippen LogP contribution in [0.4, 0.5) is 0 Å². The van der Waals surface area contributed by atoms with Gasteiger partial charge in [0, 0.05) is 6.42 Å². The molecule has 0 amide bonds. The van der Waals surface area contributed by atoms with Crippen molar-refractivity contribution in [2.45, 2.75) is 26.7 Å². The lowest BCUT2D eigenvalue weighted by Crippen LogP contribution is -2.08. The molecule has 0 aromatic carbocycles. The largest absolute Gasteiger partial charge is 0.299 e. The van der Waals surface area contributed by atoms with Crippen LogP contribution in [0.15, 0.2) is 0 Å². The Bertz CT molecular complexity index is 269. The van der Waals surface area contributed by atoms with Gasteiger partial charge in [0.05, 0.1) is 6.42 Å². The van der Waals surface area contributed by atoms with Crippen LogP contribution in [0, 0.1) is 6.92 Å². The van der Waals surface area contributed by atoms with Crippen molar-refractivity contribution in [2.75, 3.05) is 0 Å². The lowest BCUT2D eigenvalue weighted by Gasteiger charge is -1.94. The highest BCUT2D eigenvalue weighted by Crippen LogP contribution is 1.91. The van der Waals surface area contributed by atoms with Crippen LogP contribution in [0.25, 0.3) is 0 Å². The molecule has 0 bridgehead atoms. The molecule has 0 aliphatic heterocycles. The third-order valence-corrected chi connectivity index (χ3v) is 1.37. The average molecular weight is 166 g/mol. The van der Waals surface area contributed by atoms with Gasteiger partial charge in [-0.25, -0.2) is 0 Å². The topological polar surface area (TPSA) is 68.6 Å². The molecule has 0 aliphatic carbocycles. The zero-order valence-electron chi connectivity index (χ0n) is 7.11. The quantitative estimate of drug-likeness (QED) is 0.636. The van der Waals surface area contributed by atoms with Crippen LogP contribution in [0.2, 0.25) is 0 Å². The highest BCUT2D eigenvalue weighted by molar-refractivity contribution is 5.79. The first-order valence-corrected chi connectivity index (χ1v) is 3.77. The maximum absolute atomic E-state index is 10.9. The number of carbonyl (C=O) groups excluding carboxylic acids is 1. The van der Waals surface area contributed by atoms with E-state index in [1.807, 2.05) is 0 Å². The molecule has 0 unspecified atom stereocenters. The number of hydrogen-bond donors (Lipinski definition) is 0. The summed E-state index contributed by atoms with van der Waals surface area (Å²) in [6, 6.07) is 0. The molecule has 5 heteroatoms. The van der Waals surface area contributed by atoms with E-state index < -0.39 is 0 Å². The normalized spacial score (nSPS) is 9.83. The van der Waals surface area contributed by atoms with E-state index in [2.05, 4.69) is 20.4 Å². The van der Waals surface area contributed by atoms with Gasteiger partial charge < -0.3 is 0 Å². The van der Waals surface area contributed by atoms with Crippen molar-refractivity contribution in [3.05, 3.63) is 11.6 Å². The maximum Gasteiger partial charge on any atom is 0.180 e. The monoisotopic (exact) mass is 166 g/mol. The summed E-state index contributed by atoms with van der Waals surface area (Å²) in [6.45, 7) is 3.50. The predicted molar refractivity (Wildman–Crippen MR) is 41.4 cm³/mol. The second kappa shape index (κ2) is 3.85. The molecule has 1 aromatic rings. The molecule has 0 radical (unpaired) electrons. The first-order chi connectivity index (χ1) is 5.72. The number of rotatable bonds is 3. The molecule has 0 atom stereocenters. The third kappa shape index (κ3) is 2.34. The van der Waals surface area contributed by atoms with E-state index in [4.69, 9.17) is 0 Å². The fourth-order valence-electron chi connectivity index (χ4n) is 0.672. The van der Waals surface area contributed by atoms with E-state index in [1.165, 1.54) is 0 Å². The van der Waals surface area contributed by atoms with Crippen molar-refractivity contribution in [3.63, 3.8) is 0 Å². The van der Waals surface area contributed by atoms with Gasteiger partial charge in [0.25, 0.3) is 0 Å². The van der Waals surface area contributed by atoms with Crippen molar-refractivity contribution in [2.24, 2.45) is 0 Å². The SMILES string of the molecule is CCC(=O)Cc1nnc(C)nn1. The molecule has 0 N–H and O–H groups in total. The molecule has 1 aromatic heterocycles. The molecule has 1 heterocycles. The summed E-state index contributed by atoms with van der Waals surface area (Å²) in [5.74, 6) is 1.01. The first-order valence-electron chi connectivity index (χ1n) is 3.77. The fraction of sp³-hybridized carbons (Fsp3) is 0.571. The number of ketones is 1. The second-order valence-electron chi connectivity index (χ2n) is 2.43. The van der Waals surface area contributed by atoms with Crippen molar-refractivity contribution >= 4 is 5.78 Å². The molecule has 12 heavy (non-hydrogen) atoms. The van der Waals surface area contributed by atoms with Crippen molar-refractivity contribution in [1.29, 1.82) is 0 Å². The molecule has 1 rings (SSSR count). The number of nitrogens with zero attached hydrogens (tertiary/aromatic N) is 4. The van der Waals surface area contributed by atoms with E-state index in [1.54, 1.807) is 13.8 Å². The van der Waals surface area contributed by atoms with Gasteiger partial charge in [0.1, 0.15) is 5.78 Å². The molecule has 64 valence electrons. The lowest BCUT2D eigenvalue weighted by atomic mass is 10.2. The zero-order chi connectivity index (χ0) is 8.97. The summed E-state index contributed by atoms with van der Waals surface area (Å²) in [6.07, 6.45) is 0.730. The number of aryl methyl sites for hydroxylation is 1. The second-order valence-corrected chi connectivity index (χ2v) is 2.43. The standard InChI is InChI=1S/C7H10N4O/c1-3-6(12)4-7-10-8-5(2)9-11-7/h3-4H2,1-2H3. The van der Waals surface area contributed by atoms with E-state index in [0.717, 1.165) is 0 Å². The smallest absolute Gasteiger partial charge is 0.180 e. The molecule has 0 saturated heterocycles. The summed E-state index contributed by atoms with van der Waals surface area (Å²) < 4.78 is 0. The Labute approximate surface area is 70.2 Å². The Morgan fingerprint density at radius 3 is 2.33 bits per heavy atom. The summed E-state index contributed by atoms with van der Waals surface area (Å²) in [7, 11) is 0. The Kier molecular flexibility index (Phi) is 2.79. The summed E-state index contributed by atoms with van der Waals surface area (Å²) in [4.78, 5) is 10.9. The van der Waals surface area contributed by atoms with Gasteiger partial charge in [-0.1, -0.05) is 6.92 Å². The molecular formula is C7H10N4O. The van der Waals surface area contributed by atoms with E-state index in [0.29, 0.717) is 18.1 Å². The van der Waals surface area contributed by atoms with Gasteiger partial charge in [-0.05, 0) is 6.92 Å². The van der Waals surface area contributed by atoms with Crippen LogP contribution in [-0.2, 0) is 11.2 Å². The van der Waals surface area contributed by atoms with Crippen LogP contribution in [0.3, 0.4) is 0 Å².